The number of imidazole rings is 1. The van der Waals surface area contributed by atoms with E-state index < -0.39 is 0 Å². The summed E-state index contributed by atoms with van der Waals surface area (Å²) in [5, 5.41) is 4.13. The van der Waals surface area contributed by atoms with E-state index in [1.54, 1.807) is 11.3 Å². The van der Waals surface area contributed by atoms with Gasteiger partial charge in [-0.2, -0.15) is 4.98 Å². The van der Waals surface area contributed by atoms with Crippen LogP contribution in [0.1, 0.15) is 24.5 Å². The highest BCUT2D eigenvalue weighted by Gasteiger charge is 2.14. The zero-order valence-electron chi connectivity index (χ0n) is 11.8. The predicted octanol–water partition coefficient (Wildman–Crippen LogP) is 3.04. The molecule has 0 amide bonds. The number of aryl methyl sites for hydroxylation is 2. The van der Waals surface area contributed by atoms with E-state index in [-0.39, 0.29) is 0 Å². The van der Waals surface area contributed by atoms with E-state index >= 15 is 0 Å². The molecule has 0 aliphatic carbocycles. The lowest BCUT2D eigenvalue weighted by Crippen LogP contribution is -2.05. The molecule has 6 heteroatoms. The van der Waals surface area contributed by atoms with E-state index in [2.05, 4.69) is 44.7 Å². The van der Waals surface area contributed by atoms with Crippen LogP contribution in [0.15, 0.2) is 18.5 Å². The van der Waals surface area contributed by atoms with Crippen molar-refractivity contribution in [3.8, 4) is 5.82 Å². The summed E-state index contributed by atoms with van der Waals surface area (Å²) in [7, 11) is 1.84. The first-order valence-electron chi connectivity index (χ1n) is 6.77. The molecule has 5 nitrogen and oxygen atoms in total. The van der Waals surface area contributed by atoms with E-state index in [1.807, 2.05) is 19.4 Å². The number of fused-ring (bicyclic) bond motifs is 1. The number of nitrogens with zero attached hydrogens (tertiary/aromatic N) is 4. The van der Waals surface area contributed by atoms with Crippen LogP contribution >= 0.6 is 11.3 Å². The molecule has 0 atom stereocenters. The van der Waals surface area contributed by atoms with Gasteiger partial charge in [-0.25, -0.2) is 9.97 Å². The van der Waals surface area contributed by atoms with Gasteiger partial charge in [0.15, 0.2) is 5.82 Å². The summed E-state index contributed by atoms with van der Waals surface area (Å²) in [6, 6.07) is 2.19. The molecule has 3 aromatic heterocycles. The molecule has 0 spiro atoms. The van der Waals surface area contributed by atoms with Gasteiger partial charge in [-0.3, -0.25) is 4.57 Å². The topological polar surface area (TPSA) is 55.6 Å². The van der Waals surface area contributed by atoms with Gasteiger partial charge in [0, 0.05) is 30.7 Å². The fraction of sp³-hybridized carbons (Fsp3) is 0.357. The first-order valence-corrected chi connectivity index (χ1v) is 7.59. The highest BCUT2D eigenvalue weighted by atomic mass is 32.1. The van der Waals surface area contributed by atoms with Crippen LogP contribution in [0.25, 0.3) is 16.0 Å². The van der Waals surface area contributed by atoms with Crippen LogP contribution < -0.4 is 5.32 Å². The summed E-state index contributed by atoms with van der Waals surface area (Å²) in [5.41, 5.74) is 0. The Kier molecular flexibility index (Phi) is 3.40. The van der Waals surface area contributed by atoms with Gasteiger partial charge in [0.1, 0.15) is 10.7 Å². The SMILES string of the molecule is CCc1cc2c(-n3ccnc3CC)nc(NC)nc2s1. The maximum atomic E-state index is 4.63. The van der Waals surface area contributed by atoms with Crippen LogP contribution in [0.4, 0.5) is 5.95 Å². The smallest absolute Gasteiger partial charge is 0.225 e. The Hall–Kier alpha value is -1.95. The Bertz CT molecular complexity index is 743. The summed E-state index contributed by atoms with van der Waals surface area (Å²) >= 11 is 1.73. The second kappa shape index (κ2) is 5.20. The monoisotopic (exact) mass is 287 g/mol. The van der Waals surface area contributed by atoms with E-state index in [0.29, 0.717) is 5.95 Å². The lowest BCUT2D eigenvalue weighted by atomic mass is 10.3. The molecule has 3 rings (SSSR count). The van der Waals surface area contributed by atoms with Gasteiger partial charge in [-0.1, -0.05) is 13.8 Å². The van der Waals surface area contributed by atoms with E-state index in [1.165, 1.54) is 4.88 Å². The molecule has 3 aromatic rings. The third kappa shape index (κ3) is 2.06. The molecule has 0 aromatic carbocycles. The Labute approximate surface area is 121 Å². The number of nitrogens with one attached hydrogen (secondary N) is 1. The minimum atomic E-state index is 0.646. The predicted molar refractivity (Wildman–Crippen MR) is 82.8 cm³/mol. The van der Waals surface area contributed by atoms with Crippen LogP contribution in [0.2, 0.25) is 0 Å². The fourth-order valence-electron chi connectivity index (χ4n) is 2.21. The van der Waals surface area contributed by atoms with E-state index in [0.717, 1.165) is 34.7 Å². The van der Waals surface area contributed by atoms with Crippen molar-refractivity contribution in [1.29, 1.82) is 0 Å². The second-order valence-corrected chi connectivity index (χ2v) is 5.59. The van der Waals surface area contributed by atoms with Crippen molar-refractivity contribution in [3.05, 3.63) is 29.2 Å². The minimum Gasteiger partial charge on any atom is -0.357 e. The molecule has 0 bridgehead atoms. The molecule has 20 heavy (non-hydrogen) atoms. The molecule has 1 N–H and O–H groups in total. The molecule has 0 aliphatic heterocycles. The largest absolute Gasteiger partial charge is 0.357 e. The van der Waals surface area contributed by atoms with Crippen molar-refractivity contribution in [2.75, 3.05) is 12.4 Å². The summed E-state index contributed by atoms with van der Waals surface area (Å²) in [6.07, 6.45) is 5.67. The lowest BCUT2D eigenvalue weighted by molar-refractivity contribution is 0.872. The Morgan fingerprint density at radius 3 is 2.80 bits per heavy atom. The highest BCUT2D eigenvalue weighted by molar-refractivity contribution is 7.18. The van der Waals surface area contributed by atoms with Crippen molar-refractivity contribution in [3.63, 3.8) is 0 Å². The van der Waals surface area contributed by atoms with Crippen LogP contribution in [-0.2, 0) is 12.8 Å². The normalized spacial score (nSPS) is 11.2. The third-order valence-electron chi connectivity index (χ3n) is 3.26. The second-order valence-electron chi connectivity index (χ2n) is 4.47. The molecular formula is C14H17N5S. The van der Waals surface area contributed by atoms with Crippen LogP contribution in [0, 0.1) is 0 Å². The fourth-order valence-corrected chi connectivity index (χ4v) is 3.18. The van der Waals surface area contributed by atoms with Crippen molar-refractivity contribution >= 4 is 27.5 Å². The van der Waals surface area contributed by atoms with E-state index in [9.17, 15) is 0 Å². The average molecular weight is 287 g/mol. The van der Waals surface area contributed by atoms with Gasteiger partial charge in [0.05, 0.1) is 5.39 Å². The molecule has 0 unspecified atom stereocenters. The minimum absolute atomic E-state index is 0.646. The molecule has 0 saturated heterocycles. The van der Waals surface area contributed by atoms with Crippen molar-refractivity contribution in [2.24, 2.45) is 0 Å². The maximum absolute atomic E-state index is 4.63. The summed E-state index contributed by atoms with van der Waals surface area (Å²) in [5.74, 6) is 2.56. The maximum Gasteiger partial charge on any atom is 0.225 e. The van der Waals surface area contributed by atoms with E-state index in [4.69, 9.17) is 0 Å². The van der Waals surface area contributed by atoms with Crippen molar-refractivity contribution < 1.29 is 0 Å². The van der Waals surface area contributed by atoms with Gasteiger partial charge in [0.25, 0.3) is 0 Å². The number of rotatable bonds is 4. The summed E-state index contributed by atoms with van der Waals surface area (Å²) in [6.45, 7) is 4.26. The first-order chi connectivity index (χ1) is 9.76. The highest BCUT2D eigenvalue weighted by Crippen LogP contribution is 2.30. The zero-order chi connectivity index (χ0) is 14.1. The quantitative estimate of drug-likeness (QED) is 0.801. The van der Waals surface area contributed by atoms with Gasteiger partial charge >= 0.3 is 0 Å². The Morgan fingerprint density at radius 2 is 2.10 bits per heavy atom. The first kappa shape index (κ1) is 13.1. The lowest BCUT2D eigenvalue weighted by Gasteiger charge is -2.08. The Morgan fingerprint density at radius 1 is 1.25 bits per heavy atom. The van der Waals surface area contributed by atoms with Gasteiger partial charge in [-0.05, 0) is 12.5 Å². The number of hydrogen-bond acceptors (Lipinski definition) is 5. The van der Waals surface area contributed by atoms with Crippen LogP contribution in [0.3, 0.4) is 0 Å². The Balaban J connectivity index is 2.29. The van der Waals surface area contributed by atoms with Crippen molar-refractivity contribution in [2.45, 2.75) is 26.7 Å². The van der Waals surface area contributed by atoms with Gasteiger partial charge in [-0.15, -0.1) is 11.3 Å². The number of thiophene rings is 1. The molecule has 104 valence electrons. The third-order valence-corrected chi connectivity index (χ3v) is 4.43. The molecule has 0 aliphatic rings. The zero-order valence-corrected chi connectivity index (χ0v) is 12.7. The average Bonchev–Trinajstić information content (AvgIpc) is 3.11. The van der Waals surface area contributed by atoms with Gasteiger partial charge < -0.3 is 5.32 Å². The number of aromatic nitrogens is 4. The van der Waals surface area contributed by atoms with Gasteiger partial charge in [0.2, 0.25) is 5.95 Å². The van der Waals surface area contributed by atoms with Crippen LogP contribution in [0.5, 0.6) is 0 Å². The molecular weight excluding hydrogens is 270 g/mol. The van der Waals surface area contributed by atoms with Crippen LogP contribution in [-0.4, -0.2) is 26.6 Å². The summed E-state index contributed by atoms with van der Waals surface area (Å²) < 4.78 is 2.05. The molecule has 0 fully saturated rings. The molecule has 0 saturated carbocycles. The standard InChI is InChI=1S/C14H17N5S/c1-4-9-8-10-12(19-7-6-16-11(19)5-2)17-14(15-3)18-13(10)20-9/h6-8H,4-5H2,1-3H3,(H,15,17,18). The molecule has 0 radical (unpaired) electrons. The van der Waals surface area contributed by atoms with Crippen molar-refractivity contribution in [1.82, 2.24) is 19.5 Å². The summed E-state index contributed by atoms with van der Waals surface area (Å²) in [4.78, 5) is 15.9. The number of hydrogen-bond donors (Lipinski definition) is 1. The number of anilines is 1. The molecule has 3 heterocycles.